The van der Waals surface area contributed by atoms with Crippen LogP contribution in [0.3, 0.4) is 0 Å². The maximum absolute atomic E-state index is 12.0. The smallest absolute Gasteiger partial charge is 0.230 e. The van der Waals surface area contributed by atoms with E-state index in [-0.39, 0.29) is 11.7 Å². The molecule has 0 saturated heterocycles. The fraction of sp³-hybridized carbons (Fsp3) is 0.250. The Morgan fingerprint density at radius 3 is 2.96 bits per heavy atom. The van der Waals surface area contributed by atoms with E-state index in [4.69, 9.17) is 0 Å². The van der Waals surface area contributed by atoms with Crippen molar-refractivity contribution in [3.8, 4) is 5.69 Å². The van der Waals surface area contributed by atoms with E-state index >= 15 is 0 Å². The number of carbonyl (C=O) groups excluding carboxylic acids is 1. The summed E-state index contributed by atoms with van der Waals surface area (Å²) in [7, 11) is 0. The van der Waals surface area contributed by atoms with Crippen LogP contribution in [0.5, 0.6) is 0 Å². The van der Waals surface area contributed by atoms with Crippen LogP contribution >= 0.6 is 23.1 Å². The molecule has 0 aliphatic carbocycles. The molecule has 0 aliphatic rings. The van der Waals surface area contributed by atoms with Crippen molar-refractivity contribution in [2.75, 3.05) is 5.75 Å². The van der Waals surface area contributed by atoms with Gasteiger partial charge in [0.1, 0.15) is 0 Å². The van der Waals surface area contributed by atoms with Gasteiger partial charge in [0.25, 0.3) is 0 Å². The predicted octanol–water partition coefficient (Wildman–Crippen LogP) is 2.75. The fourth-order valence-corrected chi connectivity index (χ4v) is 3.52. The van der Waals surface area contributed by atoms with Crippen LogP contribution in [0, 0.1) is 13.8 Å². The summed E-state index contributed by atoms with van der Waals surface area (Å²) >= 11 is 2.95. The molecular weight excluding hydrogens is 342 g/mol. The zero-order valence-electron chi connectivity index (χ0n) is 13.4. The lowest BCUT2D eigenvalue weighted by molar-refractivity contribution is -0.118. The Bertz CT molecular complexity index is 829. The van der Waals surface area contributed by atoms with Crippen LogP contribution in [-0.4, -0.2) is 31.9 Å². The number of thiophene rings is 1. The largest absolute Gasteiger partial charge is 0.350 e. The lowest BCUT2D eigenvalue weighted by atomic mass is 10.1. The molecule has 124 valence electrons. The molecule has 0 radical (unpaired) electrons. The third kappa shape index (κ3) is 3.82. The minimum absolute atomic E-state index is 0.0380. The monoisotopic (exact) mass is 359 g/mol. The number of hydrogen-bond acceptors (Lipinski definition) is 6. The van der Waals surface area contributed by atoms with Crippen LogP contribution in [0.4, 0.5) is 0 Å². The van der Waals surface area contributed by atoms with Crippen molar-refractivity contribution in [3.63, 3.8) is 0 Å². The van der Waals surface area contributed by atoms with E-state index in [9.17, 15) is 4.79 Å². The third-order valence-corrected chi connectivity index (χ3v) is 5.41. The summed E-state index contributed by atoms with van der Waals surface area (Å²) in [6.07, 6.45) is 0. The molecule has 24 heavy (non-hydrogen) atoms. The van der Waals surface area contributed by atoms with Crippen molar-refractivity contribution in [3.05, 3.63) is 51.7 Å². The average molecular weight is 359 g/mol. The number of aromatic nitrogens is 4. The summed E-state index contributed by atoms with van der Waals surface area (Å²) in [5, 5.41) is 17.3. The maximum Gasteiger partial charge on any atom is 0.230 e. The van der Waals surface area contributed by atoms with Crippen molar-refractivity contribution in [2.24, 2.45) is 0 Å². The summed E-state index contributed by atoms with van der Waals surface area (Å²) < 4.78 is 1.68. The van der Waals surface area contributed by atoms with E-state index in [0.29, 0.717) is 11.7 Å². The first kappa shape index (κ1) is 16.7. The normalized spacial score (nSPS) is 10.8. The van der Waals surface area contributed by atoms with Gasteiger partial charge in [0.2, 0.25) is 11.1 Å². The van der Waals surface area contributed by atoms with E-state index in [2.05, 4.69) is 20.8 Å². The molecular formula is C16H17N5OS2. The molecule has 0 unspecified atom stereocenters. The van der Waals surface area contributed by atoms with Gasteiger partial charge in [-0.15, -0.1) is 16.4 Å². The molecule has 3 rings (SSSR count). The number of benzene rings is 1. The van der Waals surface area contributed by atoms with E-state index < -0.39 is 0 Å². The highest BCUT2D eigenvalue weighted by Gasteiger charge is 2.13. The van der Waals surface area contributed by atoms with Gasteiger partial charge in [-0.2, -0.15) is 4.68 Å². The van der Waals surface area contributed by atoms with Gasteiger partial charge in [-0.25, -0.2) is 0 Å². The second-order valence-electron chi connectivity index (χ2n) is 5.24. The van der Waals surface area contributed by atoms with Gasteiger partial charge in [-0.1, -0.05) is 30.0 Å². The number of aryl methyl sites for hydroxylation is 1. The Kier molecular flexibility index (Phi) is 5.27. The van der Waals surface area contributed by atoms with E-state index in [0.717, 1.165) is 16.1 Å². The minimum atomic E-state index is -0.0380. The molecule has 0 fully saturated rings. The molecule has 6 nitrogen and oxygen atoms in total. The number of thioether (sulfide) groups is 1. The Morgan fingerprint density at radius 2 is 2.17 bits per heavy atom. The third-order valence-electron chi connectivity index (χ3n) is 3.62. The highest BCUT2D eigenvalue weighted by Crippen LogP contribution is 2.22. The molecule has 0 atom stereocenters. The summed E-state index contributed by atoms with van der Waals surface area (Å²) in [6, 6.07) is 9.97. The molecule has 8 heteroatoms. The second kappa shape index (κ2) is 7.59. The summed E-state index contributed by atoms with van der Waals surface area (Å²) in [5.74, 6) is 0.236. The fourth-order valence-electron chi connectivity index (χ4n) is 2.17. The minimum Gasteiger partial charge on any atom is -0.350 e. The lowest BCUT2D eigenvalue weighted by Gasteiger charge is -2.09. The van der Waals surface area contributed by atoms with Crippen LogP contribution in [-0.2, 0) is 11.3 Å². The first-order valence-corrected chi connectivity index (χ1v) is 9.28. The Morgan fingerprint density at radius 1 is 1.29 bits per heavy atom. The number of rotatable bonds is 6. The van der Waals surface area contributed by atoms with Gasteiger partial charge in [-0.05, 0) is 52.9 Å². The van der Waals surface area contributed by atoms with Crippen molar-refractivity contribution in [1.82, 2.24) is 25.5 Å². The van der Waals surface area contributed by atoms with Crippen molar-refractivity contribution < 1.29 is 4.79 Å². The summed E-state index contributed by atoms with van der Waals surface area (Å²) in [6.45, 7) is 4.64. The number of nitrogens with zero attached hydrogens (tertiary/aromatic N) is 4. The molecule has 1 N–H and O–H groups in total. The van der Waals surface area contributed by atoms with Gasteiger partial charge in [0.15, 0.2) is 0 Å². The van der Waals surface area contributed by atoms with Crippen LogP contribution in [0.15, 0.2) is 40.9 Å². The van der Waals surface area contributed by atoms with Crippen LogP contribution < -0.4 is 5.32 Å². The summed E-state index contributed by atoms with van der Waals surface area (Å²) in [4.78, 5) is 13.1. The zero-order chi connectivity index (χ0) is 16.9. The second-order valence-corrected chi connectivity index (χ2v) is 7.21. The van der Waals surface area contributed by atoms with Crippen LogP contribution in [0.25, 0.3) is 5.69 Å². The van der Waals surface area contributed by atoms with Gasteiger partial charge in [0, 0.05) is 4.88 Å². The van der Waals surface area contributed by atoms with E-state index in [1.807, 2.05) is 49.6 Å². The molecule has 0 saturated carbocycles. The first-order chi connectivity index (χ1) is 11.6. The van der Waals surface area contributed by atoms with Crippen LogP contribution in [0.1, 0.15) is 16.0 Å². The zero-order valence-corrected chi connectivity index (χ0v) is 15.0. The number of hydrogen-bond donors (Lipinski definition) is 1. The Hall–Kier alpha value is -2.19. The molecule has 2 aromatic heterocycles. The molecule has 0 spiro atoms. The van der Waals surface area contributed by atoms with Crippen molar-refractivity contribution in [2.45, 2.75) is 25.5 Å². The van der Waals surface area contributed by atoms with E-state index in [1.165, 1.54) is 17.3 Å². The number of amides is 1. The number of carbonyl (C=O) groups is 1. The van der Waals surface area contributed by atoms with Crippen molar-refractivity contribution >= 4 is 29.0 Å². The van der Waals surface area contributed by atoms with E-state index in [1.54, 1.807) is 16.0 Å². The van der Waals surface area contributed by atoms with Crippen LogP contribution in [0.2, 0.25) is 0 Å². The molecule has 0 aliphatic heterocycles. The highest BCUT2D eigenvalue weighted by atomic mass is 32.2. The molecule has 3 aromatic rings. The SMILES string of the molecule is Cc1cccc(-n2nnnc2SCC(=O)NCc2cccs2)c1C. The molecule has 1 aromatic carbocycles. The maximum atomic E-state index is 12.0. The molecule has 0 bridgehead atoms. The lowest BCUT2D eigenvalue weighted by Crippen LogP contribution is -2.24. The highest BCUT2D eigenvalue weighted by molar-refractivity contribution is 7.99. The summed E-state index contributed by atoms with van der Waals surface area (Å²) in [5.41, 5.74) is 3.22. The van der Waals surface area contributed by atoms with Gasteiger partial charge >= 0.3 is 0 Å². The topological polar surface area (TPSA) is 72.7 Å². The Labute approximate surface area is 148 Å². The standard InChI is InChI=1S/C16H17N5OS2/c1-11-5-3-7-14(12(11)2)21-16(18-19-20-21)24-10-15(22)17-9-13-6-4-8-23-13/h3-8H,9-10H2,1-2H3,(H,17,22). The van der Waals surface area contributed by atoms with Crippen molar-refractivity contribution in [1.29, 1.82) is 0 Å². The number of tetrazole rings is 1. The average Bonchev–Trinajstić information content (AvgIpc) is 3.25. The first-order valence-electron chi connectivity index (χ1n) is 7.42. The quantitative estimate of drug-likeness (QED) is 0.685. The number of nitrogens with one attached hydrogen (secondary N) is 1. The Balaban J connectivity index is 1.63. The van der Waals surface area contributed by atoms with Gasteiger partial charge < -0.3 is 5.32 Å². The predicted molar refractivity (Wildman–Crippen MR) is 95.5 cm³/mol. The van der Waals surface area contributed by atoms with Gasteiger partial charge in [-0.3, -0.25) is 4.79 Å². The van der Waals surface area contributed by atoms with Gasteiger partial charge in [0.05, 0.1) is 18.0 Å². The molecule has 1 amide bonds. The molecule has 2 heterocycles.